The quantitative estimate of drug-likeness (QED) is 0.653. The Bertz CT molecular complexity index is 546. The van der Waals surface area contributed by atoms with Crippen molar-refractivity contribution in [3.05, 3.63) is 33.9 Å². The summed E-state index contributed by atoms with van der Waals surface area (Å²) in [5.41, 5.74) is 5.74. The van der Waals surface area contributed by atoms with E-state index in [0.29, 0.717) is 0 Å². The third-order valence-corrected chi connectivity index (χ3v) is 3.60. The van der Waals surface area contributed by atoms with Gasteiger partial charge in [0.2, 0.25) is 0 Å². The van der Waals surface area contributed by atoms with Crippen molar-refractivity contribution in [1.29, 1.82) is 0 Å². The predicted molar refractivity (Wildman–Crippen MR) is 75.9 cm³/mol. The molecular weight excluding hydrogens is 260 g/mol. The van der Waals surface area contributed by atoms with Gasteiger partial charge in [-0.15, -0.1) is 0 Å². The molecule has 7 heteroatoms. The summed E-state index contributed by atoms with van der Waals surface area (Å²) >= 11 is 0. The predicted octanol–water partition coefficient (Wildman–Crippen LogP) is 0.834. The number of nitro groups is 1. The number of nitrogens with two attached hydrogens (primary N) is 1. The molecule has 20 heavy (non-hydrogen) atoms. The number of carbonyl (C=O) groups excluding carboxylic acids is 1. The molecule has 2 rings (SSSR count). The second-order valence-electron chi connectivity index (χ2n) is 5.13. The molecule has 1 aromatic carbocycles. The van der Waals surface area contributed by atoms with Crippen LogP contribution in [0.15, 0.2) is 18.2 Å². The summed E-state index contributed by atoms with van der Waals surface area (Å²) in [6.07, 6.45) is 0. The first-order valence-corrected chi connectivity index (χ1v) is 6.43. The van der Waals surface area contributed by atoms with Crippen molar-refractivity contribution in [2.75, 3.05) is 31.6 Å². The van der Waals surface area contributed by atoms with Crippen LogP contribution in [0.1, 0.15) is 17.3 Å². The minimum Gasteiger partial charge on any atom is -0.366 e. The fourth-order valence-electron chi connectivity index (χ4n) is 2.58. The number of hydrogen-bond donors (Lipinski definition) is 1. The fraction of sp³-hybridized carbons (Fsp3) is 0.462. The molecule has 0 saturated carbocycles. The number of benzene rings is 1. The van der Waals surface area contributed by atoms with Crippen LogP contribution in [0.3, 0.4) is 0 Å². The number of primary amides is 1. The third-order valence-electron chi connectivity index (χ3n) is 3.60. The molecule has 7 nitrogen and oxygen atoms in total. The van der Waals surface area contributed by atoms with Crippen LogP contribution in [0.5, 0.6) is 0 Å². The van der Waals surface area contributed by atoms with Crippen molar-refractivity contribution >= 4 is 17.3 Å². The van der Waals surface area contributed by atoms with Crippen LogP contribution < -0.4 is 10.6 Å². The largest absolute Gasteiger partial charge is 0.366 e. The summed E-state index contributed by atoms with van der Waals surface area (Å²) in [7, 11) is 2.05. The molecule has 1 fully saturated rings. The van der Waals surface area contributed by atoms with Gasteiger partial charge in [0, 0.05) is 37.4 Å². The number of piperazine rings is 1. The molecule has 1 aromatic rings. The Labute approximate surface area is 117 Å². The highest BCUT2D eigenvalue weighted by Gasteiger charge is 2.25. The standard InChI is InChI=1S/C13H18N4O3/c1-9-8-15(2)5-6-16(9)10-3-4-12(17(19)20)11(7-10)13(14)18/h3-4,7,9H,5-6,8H2,1-2H3,(H2,14,18)/t9-/m0/s1. The van der Waals surface area contributed by atoms with Gasteiger partial charge in [-0.05, 0) is 26.1 Å². The smallest absolute Gasteiger partial charge is 0.282 e. The van der Waals surface area contributed by atoms with Gasteiger partial charge in [0.25, 0.3) is 11.6 Å². The van der Waals surface area contributed by atoms with Crippen LogP contribution in [0.4, 0.5) is 11.4 Å². The minimum atomic E-state index is -0.777. The zero-order valence-electron chi connectivity index (χ0n) is 11.6. The molecule has 1 heterocycles. The highest BCUT2D eigenvalue weighted by Crippen LogP contribution is 2.27. The molecule has 2 N–H and O–H groups in total. The van der Waals surface area contributed by atoms with E-state index < -0.39 is 10.8 Å². The van der Waals surface area contributed by atoms with E-state index in [1.807, 2.05) is 0 Å². The van der Waals surface area contributed by atoms with Gasteiger partial charge in [-0.2, -0.15) is 0 Å². The van der Waals surface area contributed by atoms with E-state index in [-0.39, 0.29) is 17.3 Å². The number of nitrogens with zero attached hydrogens (tertiary/aromatic N) is 3. The fourth-order valence-corrected chi connectivity index (χ4v) is 2.58. The maximum Gasteiger partial charge on any atom is 0.282 e. The lowest BCUT2D eigenvalue weighted by Gasteiger charge is -2.39. The number of rotatable bonds is 3. The number of hydrogen-bond acceptors (Lipinski definition) is 5. The van der Waals surface area contributed by atoms with Crippen LogP contribution in [-0.2, 0) is 0 Å². The lowest BCUT2D eigenvalue weighted by atomic mass is 10.1. The molecule has 1 saturated heterocycles. The van der Waals surface area contributed by atoms with Gasteiger partial charge < -0.3 is 15.5 Å². The average Bonchev–Trinajstić information content (AvgIpc) is 2.37. The second-order valence-corrected chi connectivity index (χ2v) is 5.13. The number of anilines is 1. The molecule has 0 bridgehead atoms. The van der Waals surface area contributed by atoms with E-state index in [0.717, 1.165) is 25.3 Å². The number of nitro benzene ring substituents is 1. The van der Waals surface area contributed by atoms with E-state index in [2.05, 4.69) is 23.8 Å². The van der Waals surface area contributed by atoms with Crippen molar-refractivity contribution in [2.45, 2.75) is 13.0 Å². The van der Waals surface area contributed by atoms with E-state index in [4.69, 9.17) is 5.73 Å². The van der Waals surface area contributed by atoms with Gasteiger partial charge in [-0.25, -0.2) is 0 Å². The van der Waals surface area contributed by atoms with Gasteiger partial charge in [0.15, 0.2) is 0 Å². The topological polar surface area (TPSA) is 92.7 Å². The third kappa shape index (κ3) is 2.72. The van der Waals surface area contributed by atoms with Crippen LogP contribution in [0.25, 0.3) is 0 Å². The van der Waals surface area contributed by atoms with Crippen LogP contribution >= 0.6 is 0 Å². The molecule has 1 atom stereocenters. The average molecular weight is 278 g/mol. The van der Waals surface area contributed by atoms with Crippen molar-refractivity contribution < 1.29 is 9.72 Å². The van der Waals surface area contributed by atoms with Crippen molar-refractivity contribution in [3.8, 4) is 0 Å². The Kier molecular flexibility index (Phi) is 3.89. The molecule has 1 aliphatic heterocycles. The van der Waals surface area contributed by atoms with E-state index in [1.54, 1.807) is 6.07 Å². The summed E-state index contributed by atoms with van der Waals surface area (Å²) in [4.78, 5) is 26.1. The maximum atomic E-state index is 11.4. The van der Waals surface area contributed by atoms with Gasteiger partial charge in [-0.3, -0.25) is 14.9 Å². The Morgan fingerprint density at radius 3 is 2.70 bits per heavy atom. The molecule has 108 valence electrons. The Morgan fingerprint density at radius 2 is 2.15 bits per heavy atom. The molecular formula is C13H18N4O3. The summed E-state index contributed by atoms with van der Waals surface area (Å²) < 4.78 is 0. The normalized spacial score (nSPS) is 19.9. The SMILES string of the molecule is C[C@H]1CN(C)CCN1c1ccc([N+](=O)[O-])c(C(N)=O)c1. The zero-order valence-corrected chi connectivity index (χ0v) is 11.6. The van der Waals surface area contributed by atoms with E-state index >= 15 is 0 Å². The summed E-state index contributed by atoms with van der Waals surface area (Å²) in [6, 6.07) is 4.81. The molecule has 1 amide bonds. The van der Waals surface area contributed by atoms with Crippen molar-refractivity contribution in [1.82, 2.24) is 4.90 Å². The summed E-state index contributed by atoms with van der Waals surface area (Å²) in [5.74, 6) is -0.777. The monoisotopic (exact) mass is 278 g/mol. The summed E-state index contributed by atoms with van der Waals surface area (Å²) in [6.45, 7) is 4.71. The van der Waals surface area contributed by atoms with E-state index in [9.17, 15) is 14.9 Å². The van der Waals surface area contributed by atoms with E-state index in [1.165, 1.54) is 12.1 Å². The molecule has 0 aliphatic carbocycles. The zero-order chi connectivity index (χ0) is 14.9. The molecule has 0 aromatic heterocycles. The first kappa shape index (κ1) is 14.3. The van der Waals surface area contributed by atoms with Gasteiger partial charge in [-0.1, -0.05) is 0 Å². The van der Waals surface area contributed by atoms with Crippen LogP contribution in [-0.4, -0.2) is 48.5 Å². The number of amides is 1. The maximum absolute atomic E-state index is 11.4. The first-order chi connectivity index (χ1) is 9.40. The van der Waals surface area contributed by atoms with Crippen molar-refractivity contribution in [2.24, 2.45) is 5.73 Å². The molecule has 0 spiro atoms. The highest BCUT2D eigenvalue weighted by molar-refractivity contribution is 5.98. The lowest BCUT2D eigenvalue weighted by Crippen LogP contribution is -2.50. The number of carbonyl (C=O) groups is 1. The van der Waals surface area contributed by atoms with Crippen LogP contribution in [0, 0.1) is 10.1 Å². The second kappa shape index (κ2) is 5.46. The van der Waals surface area contributed by atoms with Gasteiger partial charge in [0.05, 0.1) is 4.92 Å². The lowest BCUT2D eigenvalue weighted by molar-refractivity contribution is -0.385. The minimum absolute atomic E-state index is 0.0429. The summed E-state index contributed by atoms with van der Waals surface area (Å²) in [5, 5.41) is 10.9. The number of likely N-dealkylation sites (N-methyl/N-ethyl adjacent to an activating group) is 1. The Balaban J connectivity index is 2.36. The molecule has 0 unspecified atom stereocenters. The highest BCUT2D eigenvalue weighted by atomic mass is 16.6. The Morgan fingerprint density at radius 1 is 1.45 bits per heavy atom. The van der Waals surface area contributed by atoms with Crippen molar-refractivity contribution in [3.63, 3.8) is 0 Å². The van der Waals surface area contributed by atoms with Gasteiger partial charge >= 0.3 is 0 Å². The Hall–Kier alpha value is -2.15. The molecule has 1 aliphatic rings. The van der Waals surface area contributed by atoms with Crippen LogP contribution in [0.2, 0.25) is 0 Å². The first-order valence-electron chi connectivity index (χ1n) is 6.43. The van der Waals surface area contributed by atoms with Gasteiger partial charge in [0.1, 0.15) is 5.56 Å². The molecule has 0 radical (unpaired) electrons.